The second-order valence-electron chi connectivity index (χ2n) is 6.74. The van der Waals surface area contributed by atoms with E-state index in [0.29, 0.717) is 18.7 Å². The van der Waals surface area contributed by atoms with Crippen LogP contribution in [0.5, 0.6) is 0 Å². The number of carbonyl (C=O) groups is 1. The Morgan fingerprint density at radius 1 is 1.29 bits per heavy atom. The molecular formula is C18H25F3N2O. The van der Waals surface area contributed by atoms with Crippen LogP contribution in [0.15, 0.2) is 24.3 Å². The van der Waals surface area contributed by atoms with Crippen LogP contribution >= 0.6 is 0 Å². The van der Waals surface area contributed by atoms with Crippen molar-refractivity contribution in [3.8, 4) is 0 Å². The van der Waals surface area contributed by atoms with Crippen molar-refractivity contribution in [2.24, 2.45) is 5.92 Å². The number of carbonyl (C=O) groups excluding carboxylic acids is 1. The molecular weight excluding hydrogens is 317 g/mol. The van der Waals surface area contributed by atoms with E-state index in [1.807, 2.05) is 6.92 Å². The summed E-state index contributed by atoms with van der Waals surface area (Å²) in [7, 11) is 1.78. The van der Waals surface area contributed by atoms with Gasteiger partial charge in [0.25, 0.3) is 0 Å². The van der Waals surface area contributed by atoms with Gasteiger partial charge in [0.15, 0.2) is 0 Å². The monoisotopic (exact) mass is 342 g/mol. The summed E-state index contributed by atoms with van der Waals surface area (Å²) in [6, 6.07) is 5.56. The van der Waals surface area contributed by atoms with Crippen molar-refractivity contribution >= 4 is 5.91 Å². The lowest BCUT2D eigenvalue weighted by molar-refractivity contribution is -0.137. The Morgan fingerprint density at radius 2 is 1.96 bits per heavy atom. The number of alkyl halides is 3. The van der Waals surface area contributed by atoms with Crippen molar-refractivity contribution in [2.75, 3.05) is 20.1 Å². The Hall–Kier alpha value is -1.56. The zero-order chi connectivity index (χ0) is 17.8. The van der Waals surface area contributed by atoms with Gasteiger partial charge in [0, 0.05) is 24.4 Å². The van der Waals surface area contributed by atoms with Gasteiger partial charge in [-0.3, -0.25) is 4.79 Å². The Labute approximate surface area is 141 Å². The highest BCUT2D eigenvalue weighted by molar-refractivity contribution is 5.78. The third kappa shape index (κ3) is 4.29. The molecule has 1 aromatic carbocycles. The minimum absolute atomic E-state index is 0.0670. The second-order valence-corrected chi connectivity index (χ2v) is 6.74. The molecule has 1 aromatic rings. The van der Waals surface area contributed by atoms with Crippen molar-refractivity contribution in [3.05, 3.63) is 35.4 Å². The third-order valence-electron chi connectivity index (χ3n) is 4.92. The van der Waals surface area contributed by atoms with Gasteiger partial charge in [-0.1, -0.05) is 38.0 Å². The normalized spacial score (nSPS) is 18.4. The molecule has 24 heavy (non-hydrogen) atoms. The molecule has 1 fully saturated rings. The van der Waals surface area contributed by atoms with Gasteiger partial charge in [-0.25, -0.2) is 0 Å². The molecule has 2 N–H and O–H groups in total. The smallest absolute Gasteiger partial charge is 0.355 e. The number of amides is 1. The molecule has 0 aromatic heterocycles. The van der Waals surface area contributed by atoms with Gasteiger partial charge in [-0.2, -0.15) is 13.2 Å². The van der Waals surface area contributed by atoms with E-state index in [-0.39, 0.29) is 11.8 Å². The minimum Gasteiger partial charge on any atom is -0.355 e. The van der Waals surface area contributed by atoms with Gasteiger partial charge in [0.05, 0.1) is 5.56 Å². The average Bonchev–Trinajstić information content (AvgIpc) is 3.02. The van der Waals surface area contributed by atoms with Crippen LogP contribution in [0.4, 0.5) is 13.2 Å². The maximum Gasteiger partial charge on any atom is 0.416 e. The number of halogens is 3. The summed E-state index contributed by atoms with van der Waals surface area (Å²) in [4.78, 5) is 12.2. The standard InChI is InChI=1S/C18H25F3N2O/c1-13(11-22-2)16(24)23-12-17(8-3-4-9-17)14-6-5-7-15(10-14)18(19,20)21/h5-7,10,13,22H,3-4,8-9,11-12H2,1-2H3,(H,23,24). The summed E-state index contributed by atoms with van der Waals surface area (Å²) in [6.07, 6.45) is -0.805. The molecule has 0 heterocycles. The molecule has 0 saturated heterocycles. The van der Waals surface area contributed by atoms with E-state index in [1.54, 1.807) is 13.1 Å². The van der Waals surface area contributed by atoms with E-state index in [4.69, 9.17) is 0 Å². The average molecular weight is 342 g/mol. The Morgan fingerprint density at radius 3 is 2.54 bits per heavy atom. The summed E-state index contributed by atoms with van der Waals surface area (Å²) in [5.41, 5.74) is -0.339. The fourth-order valence-corrected chi connectivity index (χ4v) is 3.47. The number of hydrogen-bond acceptors (Lipinski definition) is 2. The fraction of sp³-hybridized carbons (Fsp3) is 0.611. The van der Waals surface area contributed by atoms with Crippen molar-refractivity contribution in [2.45, 2.75) is 44.2 Å². The fourth-order valence-electron chi connectivity index (χ4n) is 3.47. The zero-order valence-corrected chi connectivity index (χ0v) is 14.2. The molecule has 1 amide bonds. The maximum atomic E-state index is 13.0. The molecule has 1 aliphatic rings. The highest BCUT2D eigenvalue weighted by Gasteiger charge is 2.38. The van der Waals surface area contributed by atoms with Crippen LogP contribution in [0.3, 0.4) is 0 Å². The topological polar surface area (TPSA) is 41.1 Å². The van der Waals surface area contributed by atoms with E-state index in [2.05, 4.69) is 10.6 Å². The van der Waals surface area contributed by atoms with Gasteiger partial charge >= 0.3 is 6.18 Å². The van der Waals surface area contributed by atoms with Crippen LogP contribution in [0.1, 0.15) is 43.7 Å². The quantitative estimate of drug-likeness (QED) is 0.831. The lowest BCUT2D eigenvalue weighted by Crippen LogP contribution is -2.42. The summed E-state index contributed by atoms with van der Waals surface area (Å²) < 4.78 is 39.0. The van der Waals surface area contributed by atoms with E-state index in [1.165, 1.54) is 12.1 Å². The van der Waals surface area contributed by atoms with E-state index in [0.717, 1.165) is 31.7 Å². The largest absolute Gasteiger partial charge is 0.416 e. The molecule has 1 saturated carbocycles. The number of benzene rings is 1. The van der Waals surface area contributed by atoms with Gasteiger partial charge in [-0.15, -0.1) is 0 Å². The van der Waals surface area contributed by atoms with Gasteiger partial charge in [-0.05, 0) is 31.5 Å². The third-order valence-corrected chi connectivity index (χ3v) is 4.92. The molecule has 1 aliphatic carbocycles. The first-order valence-electron chi connectivity index (χ1n) is 8.38. The van der Waals surface area contributed by atoms with Crippen molar-refractivity contribution < 1.29 is 18.0 Å². The zero-order valence-electron chi connectivity index (χ0n) is 14.2. The number of hydrogen-bond donors (Lipinski definition) is 2. The molecule has 3 nitrogen and oxygen atoms in total. The van der Waals surface area contributed by atoms with Crippen LogP contribution in [0.25, 0.3) is 0 Å². The Bertz CT molecular complexity index is 566. The van der Waals surface area contributed by atoms with E-state index < -0.39 is 17.2 Å². The van der Waals surface area contributed by atoms with Crippen molar-refractivity contribution in [1.29, 1.82) is 0 Å². The first-order chi connectivity index (χ1) is 11.3. The van der Waals surface area contributed by atoms with Crippen LogP contribution in [0.2, 0.25) is 0 Å². The predicted octanol–water partition coefficient (Wildman–Crippen LogP) is 3.49. The van der Waals surface area contributed by atoms with Crippen LogP contribution in [-0.4, -0.2) is 26.0 Å². The van der Waals surface area contributed by atoms with E-state index in [9.17, 15) is 18.0 Å². The first-order valence-corrected chi connectivity index (χ1v) is 8.38. The van der Waals surface area contributed by atoms with Gasteiger partial charge in [0.1, 0.15) is 0 Å². The van der Waals surface area contributed by atoms with Gasteiger partial charge in [0.2, 0.25) is 5.91 Å². The molecule has 0 bridgehead atoms. The van der Waals surface area contributed by atoms with Crippen LogP contribution in [0, 0.1) is 5.92 Å². The summed E-state index contributed by atoms with van der Waals surface area (Å²) >= 11 is 0. The van der Waals surface area contributed by atoms with Crippen LogP contribution < -0.4 is 10.6 Å². The Kier molecular flexibility index (Phi) is 5.91. The molecule has 0 aliphatic heterocycles. The highest BCUT2D eigenvalue weighted by atomic mass is 19.4. The lowest BCUT2D eigenvalue weighted by atomic mass is 9.78. The molecule has 0 spiro atoms. The lowest BCUT2D eigenvalue weighted by Gasteiger charge is -2.31. The molecule has 1 unspecified atom stereocenters. The first kappa shape index (κ1) is 18.8. The molecule has 1 atom stereocenters. The summed E-state index contributed by atoms with van der Waals surface area (Å²) in [6.45, 7) is 2.79. The molecule has 134 valence electrons. The van der Waals surface area contributed by atoms with Crippen molar-refractivity contribution in [3.63, 3.8) is 0 Å². The summed E-state index contributed by atoms with van der Waals surface area (Å²) in [5, 5.41) is 5.90. The molecule has 0 radical (unpaired) electrons. The van der Waals surface area contributed by atoms with E-state index >= 15 is 0 Å². The van der Waals surface area contributed by atoms with Crippen molar-refractivity contribution in [1.82, 2.24) is 10.6 Å². The maximum absolute atomic E-state index is 13.0. The van der Waals surface area contributed by atoms with Crippen LogP contribution in [-0.2, 0) is 16.4 Å². The highest BCUT2D eigenvalue weighted by Crippen LogP contribution is 2.42. The molecule has 6 heteroatoms. The minimum atomic E-state index is -4.35. The van der Waals surface area contributed by atoms with Gasteiger partial charge < -0.3 is 10.6 Å². The SMILES string of the molecule is CNCC(C)C(=O)NCC1(c2cccc(C(F)(F)F)c2)CCCC1. The predicted molar refractivity (Wildman–Crippen MR) is 87.7 cm³/mol. The summed E-state index contributed by atoms with van der Waals surface area (Å²) in [5.74, 6) is -0.238. The molecule has 2 rings (SSSR count). The number of rotatable bonds is 6. The number of nitrogens with one attached hydrogen (secondary N) is 2. The Balaban J connectivity index is 2.18. The second kappa shape index (κ2) is 7.55.